The lowest BCUT2D eigenvalue weighted by Crippen LogP contribution is -1.96. The molecule has 0 N–H and O–H groups in total. The van der Waals surface area contributed by atoms with Crippen molar-refractivity contribution in [2.45, 2.75) is 0 Å². The molecule has 0 aliphatic carbocycles. The maximum Gasteiger partial charge on any atom is 0.137 e. The molecule has 28 heavy (non-hydrogen) atoms. The molecule has 0 saturated heterocycles. The van der Waals surface area contributed by atoms with Crippen LogP contribution in [-0.2, 0) is 0 Å². The highest BCUT2D eigenvalue weighted by Crippen LogP contribution is 2.43. The molecule has 0 aliphatic rings. The van der Waals surface area contributed by atoms with Crippen molar-refractivity contribution >= 4 is 53.3 Å². The summed E-state index contributed by atoms with van der Waals surface area (Å²) in [7, 11) is 1.71. The Balaban J connectivity index is 1.89. The fourth-order valence-corrected chi connectivity index (χ4v) is 5.28. The Morgan fingerprint density at radius 2 is 1.68 bits per heavy atom. The first-order valence-corrected chi connectivity index (χ1v) is 10.0. The molecular weight excluding hydrogens is 364 g/mol. The highest BCUT2D eigenvalue weighted by molar-refractivity contribution is 7.26. The van der Waals surface area contributed by atoms with Gasteiger partial charge in [-0.2, -0.15) is 0 Å². The summed E-state index contributed by atoms with van der Waals surface area (Å²) in [6.45, 7) is 0. The largest absolute Gasteiger partial charge is 0.497 e. The first kappa shape index (κ1) is 15.7. The van der Waals surface area contributed by atoms with Gasteiger partial charge >= 0.3 is 0 Å². The zero-order chi connectivity index (χ0) is 18.7. The van der Waals surface area contributed by atoms with Crippen molar-refractivity contribution in [1.82, 2.24) is 9.55 Å². The Morgan fingerprint density at radius 1 is 0.786 bits per heavy atom. The molecule has 3 aromatic carbocycles. The van der Waals surface area contributed by atoms with Crippen molar-refractivity contribution in [3.63, 3.8) is 0 Å². The summed E-state index contributed by atoms with van der Waals surface area (Å²) in [5.41, 5.74) is 2.27. The number of ether oxygens (including phenoxy) is 1. The van der Waals surface area contributed by atoms with E-state index < -0.39 is 0 Å². The van der Waals surface area contributed by atoms with Gasteiger partial charge in [0.05, 0.1) is 18.1 Å². The number of thiophene rings is 1. The highest BCUT2D eigenvalue weighted by atomic mass is 32.1. The molecule has 3 aromatic heterocycles. The second-order valence-corrected chi connectivity index (χ2v) is 7.92. The summed E-state index contributed by atoms with van der Waals surface area (Å²) in [4.78, 5) is 4.63. The first-order chi connectivity index (χ1) is 13.8. The summed E-state index contributed by atoms with van der Waals surface area (Å²) in [6.07, 6.45) is 1.84. The Kier molecular flexibility index (Phi) is 3.25. The highest BCUT2D eigenvalue weighted by Gasteiger charge is 2.18. The Morgan fingerprint density at radius 3 is 2.54 bits per heavy atom. The lowest BCUT2D eigenvalue weighted by molar-refractivity contribution is 0.415. The van der Waals surface area contributed by atoms with Gasteiger partial charge in [-0.3, -0.25) is 4.57 Å². The third kappa shape index (κ3) is 2.06. The maximum absolute atomic E-state index is 5.52. The van der Waals surface area contributed by atoms with Crippen LogP contribution in [0, 0.1) is 0 Å². The zero-order valence-electron chi connectivity index (χ0n) is 15.2. The van der Waals surface area contributed by atoms with Crippen LogP contribution in [0.1, 0.15) is 0 Å². The minimum absolute atomic E-state index is 0.846. The lowest BCUT2D eigenvalue weighted by atomic mass is 10.1. The molecule has 3 heterocycles. The molecule has 0 aliphatic heterocycles. The van der Waals surface area contributed by atoms with E-state index in [9.17, 15) is 0 Å². The Bertz CT molecular complexity index is 1500. The summed E-state index contributed by atoms with van der Waals surface area (Å²) in [6, 6.07) is 25.4. The Labute approximate surface area is 165 Å². The molecule has 6 rings (SSSR count). The summed E-state index contributed by atoms with van der Waals surface area (Å²) >= 11 is 1.85. The summed E-state index contributed by atoms with van der Waals surface area (Å²) in [5.74, 6) is 1.76. The molecular formula is C24H16N2OS. The van der Waals surface area contributed by atoms with E-state index in [1.54, 1.807) is 7.11 Å². The number of rotatable bonds is 2. The van der Waals surface area contributed by atoms with Crippen LogP contribution >= 0.6 is 11.3 Å². The number of benzene rings is 3. The van der Waals surface area contributed by atoms with E-state index in [-0.39, 0.29) is 0 Å². The van der Waals surface area contributed by atoms with Gasteiger partial charge in [0.25, 0.3) is 0 Å². The standard InChI is InChI=1S/C24H16N2OS/c1-27-15-9-10-16-19(14-15)26(22-8-4-5-13-25-22)18-11-12-21-24(23(16)18)17-6-2-3-7-20(17)28-21/h2-14H,1H3. The van der Waals surface area contributed by atoms with Crippen LogP contribution in [0.15, 0.2) is 79.0 Å². The van der Waals surface area contributed by atoms with Gasteiger partial charge in [0.1, 0.15) is 11.6 Å². The predicted octanol–water partition coefficient (Wildman–Crippen LogP) is 6.56. The van der Waals surface area contributed by atoms with Crippen molar-refractivity contribution in [2.75, 3.05) is 7.11 Å². The lowest BCUT2D eigenvalue weighted by Gasteiger charge is -2.07. The number of fused-ring (bicyclic) bond motifs is 7. The zero-order valence-corrected chi connectivity index (χ0v) is 16.0. The quantitative estimate of drug-likeness (QED) is 0.340. The maximum atomic E-state index is 5.52. The monoisotopic (exact) mass is 380 g/mol. The second-order valence-electron chi connectivity index (χ2n) is 6.84. The van der Waals surface area contributed by atoms with E-state index in [1.165, 1.54) is 30.9 Å². The van der Waals surface area contributed by atoms with E-state index in [2.05, 4.69) is 58.1 Å². The molecule has 0 unspecified atom stereocenters. The van der Waals surface area contributed by atoms with Crippen molar-refractivity contribution in [3.8, 4) is 11.6 Å². The van der Waals surface area contributed by atoms with Gasteiger partial charge in [-0.05, 0) is 42.5 Å². The number of aromatic nitrogens is 2. The molecule has 3 nitrogen and oxygen atoms in total. The third-order valence-corrected chi connectivity index (χ3v) is 6.49. The Hall–Kier alpha value is -3.37. The first-order valence-electron chi connectivity index (χ1n) is 9.19. The van der Waals surface area contributed by atoms with E-state index >= 15 is 0 Å². The number of pyridine rings is 1. The van der Waals surface area contributed by atoms with Gasteiger partial charge in [-0.15, -0.1) is 11.3 Å². The van der Waals surface area contributed by atoms with Crippen LogP contribution < -0.4 is 4.74 Å². The predicted molar refractivity (Wildman–Crippen MR) is 118 cm³/mol. The summed E-state index contributed by atoms with van der Waals surface area (Å²) < 4.78 is 10.4. The molecule has 0 fully saturated rings. The van der Waals surface area contributed by atoms with Crippen molar-refractivity contribution in [2.24, 2.45) is 0 Å². The minimum Gasteiger partial charge on any atom is -0.497 e. The van der Waals surface area contributed by atoms with Gasteiger partial charge in [0.2, 0.25) is 0 Å². The SMILES string of the molecule is COc1ccc2c3c4c(ccc3n(-c3ccccn3)c2c1)sc1ccccc14. The summed E-state index contributed by atoms with van der Waals surface area (Å²) in [5, 5.41) is 5.13. The minimum atomic E-state index is 0.846. The smallest absolute Gasteiger partial charge is 0.137 e. The van der Waals surface area contributed by atoms with E-state index in [0.29, 0.717) is 0 Å². The molecule has 0 radical (unpaired) electrons. The van der Waals surface area contributed by atoms with Crippen molar-refractivity contribution in [1.29, 1.82) is 0 Å². The van der Waals surface area contributed by atoms with E-state index in [1.807, 2.05) is 41.8 Å². The van der Waals surface area contributed by atoms with Crippen molar-refractivity contribution < 1.29 is 4.74 Å². The topological polar surface area (TPSA) is 27.1 Å². The average molecular weight is 380 g/mol. The normalized spacial score (nSPS) is 11.8. The van der Waals surface area contributed by atoms with Crippen LogP contribution in [0.3, 0.4) is 0 Å². The van der Waals surface area contributed by atoms with Gasteiger partial charge in [0.15, 0.2) is 0 Å². The molecule has 0 saturated carbocycles. The number of hydrogen-bond acceptors (Lipinski definition) is 3. The van der Waals surface area contributed by atoms with E-state index in [4.69, 9.17) is 4.74 Å². The molecule has 0 bridgehead atoms. The number of nitrogens with zero attached hydrogens (tertiary/aromatic N) is 2. The van der Waals surface area contributed by atoms with Crippen LogP contribution in [0.5, 0.6) is 5.75 Å². The second kappa shape index (κ2) is 5.81. The molecule has 6 aromatic rings. The fourth-order valence-electron chi connectivity index (χ4n) is 4.16. The van der Waals surface area contributed by atoms with Crippen LogP contribution in [-0.4, -0.2) is 16.7 Å². The molecule has 4 heteroatoms. The van der Waals surface area contributed by atoms with Gasteiger partial charge in [-0.25, -0.2) is 4.98 Å². The van der Waals surface area contributed by atoms with Crippen LogP contribution in [0.25, 0.3) is 47.8 Å². The third-order valence-electron chi connectivity index (χ3n) is 5.36. The van der Waals surface area contributed by atoms with Gasteiger partial charge in [-0.1, -0.05) is 24.3 Å². The number of methoxy groups -OCH3 is 1. The van der Waals surface area contributed by atoms with Crippen LogP contribution in [0.4, 0.5) is 0 Å². The molecule has 0 atom stereocenters. The van der Waals surface area contributed by atoms with Crippen LogP contribution in [0.2, 0.25) is 0 Å². The number of hydrogen-bond donors (Lipinski definition) is 0. The van der Waals surface area contributed by atoms with Gasteiger partial charge < -0.3 is 4.74 Å². The average Bonchev–Trinajstić information content (AvgIpc) is 3.29. The van der Waals surface area contributed by atoms with Crippen molar-refractivity contribution in [3.05, 3.63) is 79.0 Å². The fraction of sp³-hybridized carbons (Fsp3) is 0.0417. The molecule has 0 amide bonds. The molecule has 134 valence electrons. The molecule has 0 spiro atoms. The van der Waals surface area contributed by atoms with E-state index in [0.717, 1.165) is 22.6 Å². The van der Waals surface area contributed by atoms with Gasteiger partial charge in [0, 0.05) is 43.2 Å².